The number of thiophene rings is 1. The van der Waals surface area contributed by atoms with Crippen molar-refractivity contribution in [3.8, 4) is 11.1 Å². The molecule has 114 valence electrons. The van der Waals surface area contributed by atoms with Crippen molar-refractivity contribution in [3.05, 3.63) is 34.7 Å². The molecule has 2 N–H and O–H groups in total. The van der Waals surface area contributed by atoms with Crippen LogP contribution in [0.3, 0.4) is 0 Å². The summed E-state index contributed by atoms with van der Waals surface area (Å²) in [5.74, 6) is -0.388. The normalized spacial score (nSPS) is 13.1. The van der Waals surface area contributed by atoms with Gasteiger partial charge in [0.25, 0.3) is 0 Å². The number of anilines is 2. The molecule has 0 saturated carbocycles. The molecular formula is C16H16N2O3S. The van der Waals surface area contributed by atoms with E-state index in [4.69, 9.17) is 10.5 Å². The first-order valence-corrected chi connectivity index (χ1v) is 7.77. The number of methoxy groups -OCH3 is 1. The first-order chi connectivity index (χ1) is 10.5. The maximum atomic E-state index is 11.9. The van der Waals surface area contributed by atoms with E-state index in [-0.39, 0.29) is 5.91 Å². The largest absolute Gasteiger partial charge is 0.465 e. The van der Waals surface area contributed by atoms with Gasteiger partial charge in [0.2, 0.25) is 5.91 Å². The molecule has 5 nitrogen and oxygen atoms in total. The van der Waals surface area contributed by atoms with Crippen LogP contribution in [0.5, 0.6) is 0 Å². The quantitative estimate of drug-likeness (QED) is 0.865. The SMILES string of the molecule is COC(=O)c1c(-c2ccc3c(c2)CCN3C(C)=O)csc1N. The molecule has 1 aromatic carbocycles. The molecule has 0 saturated heterocycles. The van der Waals surface area contributed by atoms with E-state index >= 15 is 0 Å². The van der Waals surface area contributed by atoms with Crippen molar-refractivity contribution in [1.82, 2.24) is 0 Å². The summed E-state index contributed by atoms with van der Waals surface area (Å²) in [7, 11) is 1.34. The highest BCUT2D eigenvalue weighted by Gasteiger charge is 2.24. The lowest BCUT2D eigenvalue weighted by Crippen LogP contribution is -2.25. The van der Waals surface area contributed by atoms with Crippen molar-refractivity contribution in [2.24, 2.45) is 0 Å². The number of esters is 1. The van der Waals surface area contributed by atoms with E-state index in [1.54, 1.807) is 11.8 Å². The molecule has 0 fully saturated rings. The summed E-state index contributed by atoms with van der Waals surface area (Å²) in [6.45, 7) is 2.27. The predicted molar refractivity (Wildman–Crippen MR) is 87.2 cm³/mol. The Morgan fingerprint density at radius 3 is 2.82 bits per heavy atom. The molecule has 1 aliphatic rings. The second kappa shape index (κ2) is 5.46. The maximum absolute atomic E-state index is 11.9. The standard InChI is InChI=1S/C16H16N2O3S/c1-9(19)18-6-5-11-7-10(3-4-13(11)18)12-8-22-15(17)14(12)16(20)21-2/h3-4,7-8H,5-6,17H2,1-2H3. The molecule has 2 aromatic rings. The number of nitrogens with two attached hydrogens (primary N) is 1. The molecule has 1 amide bonds. The number of carbonyl (C=O) groups excluding carboxylic acids is 2. The van der Waals surface area contributed by atoms with Crippen molar-refractivity contribution in [2.45, 2.75) is 13.3 Å². The number of nitrogens with zero attached hydrogens (tertiary/aromatic N) is 1. The van der Waals surface area contributed by atoms with Gasteiger partial charge in [-0.25, -0.2) is 4.79 Å². The van der Waals surface area contributed by atoms with Crippen LogP contribution < -0.4 is 10.6 Å². The predicted octanol–water partition coefficient (Wildman–Crippen LogP) is 2.69. The van der Waals surface area contributed by atoms with Gasteiger partial charge in [-0.2, -0.15) is 0 Å². The van der Waals surface area contributed by atoms with Gasteiger partial charge >= 0.3 is 5.97 Å². The highest BCUT2D eigenvalue weighted by Crippen LogP contribution is 2.37. The molecule has 0 unspecified atom stereocenters. The fraction of sp³-hybridized carbons (Fsp3) is 0.250. The second-order valence-electron chi connectivity index (χ2n) is 5.14. The Morgan fingerprint density at radius 2 is 2.14 bits per heavy atom. The molecule has 1 aliphatic heterocycles. The van der Waals surface area contributed by atoms with Gasteiger partial charge in [0.15, 0.2) is 0 Å². The van der Waals surface area contributed by atoms with Crippen LogP contribution in [0.4, 0.5) is 10.7 Å². The number of ether oxygens (including phenoxy) is 1. The molecule has 3 rings (SSSR count). The molecule has 2 heterocycles. The number of benzene rings is 1. The number of amides is 1. The van der Waals surface area contributed by atoms with Gasteiger partial charge < -0.3 is 15.4 Å². The maximum Gasteiger partial charge on any atom is 0.341 e. The van der Waals surface area contributed by atoms with Crippen molar-refractivity contribution < 1.29 is 14.3 Å². The molecule has 22 heavy (non-hydrogen) atoms. The van der Waals surface area contributed by atoms with Crippen LogP contribution in [0, 0.1) is 0 Å². The minimum Gasteiger partial charge on any atom is -0.465 e. The smallest absolute Gasteiger partial charge is 0.341 e. The lowest BCUT2D eigenvalue weighted by atomic mass is 10.0. The van der Waals surface area contributed by atoms with Crippen LogP contribution >= 0.6 is 11.3 Å². The van der Waals surface area contributed by atoms with E-state index in [2.05, 4.69) is 0 Å². The summed E-state index contributed by atoms with van der Waals surface area (Å²) in [4.78, 5) is 25.3. The minimum absolute atomic E-state index is 0.0431. The summed E-state index contributed by atoms with van der Waals surface area (Å²) in [5, 5.41) is 2.31. The van der Waals surface area contributed by atoms with E-state index in [1.165, 1.54) is 18.4 Å². The average molecular weight is 316 g/mol. The zero-order valence-electron chi connectivity index (χ0n) is 12.4. The van der Waals surface area contributed by atoms with Crippen LogP contribution in [-0.2, 0) is 16.0 Å². The Morgan fingerprint density at radius 1 is 1.36 bits per heavy atom. The summed E-state index contributed by atoms with van der Waals surface area (Å²) in [6, 6.07) is 5.86. The van der Waals surface area contributed by atoms with Crippen LogP contribution in [0.2, 0.25) is 0 Å². The number of rotatable bonds is 2. The summed E-state index contributed by atoms with van der Waals surface area (Å²) >= 11 is 1.32. The number of hydrogen-bond donors (Lipinski definition) is 1. The second-order valence-corrected chi connectivity index (χ2v) is 6.06. The fourth-order valence-corrected chi connectivity index (χ4v) is 3.60. The van der Waals surface area contributed by atoms with Gasteiger partial charge in [0.05, 0.1) is 7.11 Å². The highest BCUT2D eigenvalue weighted by atomic mass is 32.1. The van der Waals surface area contributed by atoms with Gasteiger partial charge in [-0.05, 0) is 29.7 Å². The molecular weight excluding hydrogens is 300 g/mol. The van der Waals surface area contributed by atoms with Crippen molar-refractivity contribution in [1.29, 1.82) is 0 Å². The van der Waals surface area contributed by atoms with E-state index in [0.717, 1.165) is 28.8 Å². The lowest BCUT2D eigenvalue weighted by molar-refractivity contribution is -0.116. The number of hydrogen-bond acceptors (Lipinski definition) is 5. The van der Waals surface area contributed by atoms with Crippen molar-refractivity contribution in [2.75, 3.05) is 24.3 Å². The van der Waals surface area contributed by atoms with Gasteiger partial charge in [-0.3, -0.25) is 4.79 Å². The van der Waals surface area contributed by atoms with E-state index in [0.29, 0.717) is 17.1 Å². The lowest BCUT2D eigenvalue weighted by Gasteiger charge is -2.15. The third-order valence-electron chi connectivity index (χ3n) is 3.88. The van der Waals surface area contributed by atoms with E-state index in [9.17, 15) is 9.59 Å². The number of fused-ring (bicyclic) bond motifs is 1. The molecule has 1 aromatic heterocycles. The highest BCUT2D eigenvalue weighted by molar-refractivity contribution is 7.14. The first-order valence-electron chi connectivity index (χ1n) is 6.89. The fourth-order valence-electron chi connectivity index (χ4n) is 2.79. The Kier molecular flexibility index (Phi) is 3.62. The monoisotopic (exact) mass is 316 g/mol. The van der Waals surface area contributed by atoms with Gasteiger partial charge in [-0.1, -0.05) is 6.07 Å². The van der Waals surface area contributed by atoms with Gasteiger partial charge in [0, 0.05) is 30.1 Å². The van der Waals surface area contributed by atoms with Crippen LogP contribution in [0.15, 0.2) is 23.6 Å². The Balaban J connectivity index is 2.05. The van der Waals surface area contributed by atoms with Crippen molar-refractivity contribution in [3.63, 3.8) is 0 Å². The zero-order valence-corrected chi connectivity index (χ0v) is 13.2. The van der Waals surface area contributed by atoms with Gasteiger partial charge in [-0.15, -0.1) is 11.3 Å². The van der Waals surface area contributed by atoms with Crippen LogP contribution in [0.1, 0.15) is 22.8 Å². The summed E-state index contributed by atoms with van der Waals surface area (Å²) in [5.41, 5.74) is 10.0. The molecule has 0 aliphatic carbocycles. The topological polar surface area (TPSA) is 72.6 Å². The minimum atomic E-state index is -0.431. The Labute approximate surface area is 132 Å². The summed E-state index contributed by atoms with van der Waals surface area (Å²) < 4.78 is 4.81. The molecule has 6 heteroatoms. The number of nitrogen functional groups attached to an aromatic ring is 1. The third-order valence-corrected chi connectivity index (χ3v) is 4.69. The molecule has 0 bridgehead atoms. The van der Waals surface area contributed by atoms with Gasteiger partial charge in [0.1, 0.15) is 10.6 Å². The first kappa shape index (κ1) is 14.6. The molecule has 0 spiro atoms. The summed E-state index contributed by atoms with van der Waals surface area (Å²) in [6.07, 6.45) is 0.815. The molecule has 0 radical (unpaired) electrons. The Bertz CT molecular complexity index is 767. The van der Waals surface area contributed by atoms with Crippen LogP contribution in [-0.4, -0.2) is 25.5 Å². The zero-order chi connectivity index (χ0) is 15.9. The molecule has 0 atom stereocenters. The number of carbonyl (C=O) groups is 2. The van der Waals surface area contributed by atoms with E-state index < -0.39 is 5.97 Å². The average Bonchev–Trinajstić information content (AvgIpc) is 3.09. The van der Waals surface area contributed by atoms with E-state index in [1.807, 2.05) is 23.6 Å². The van der Waals surface area contributed by atoms with Crippen molar-refractivity contribution >= 4 is 33.9 Å². The Hall–Kier alpha value is -2.34. The van der Waals surface area contributed by atoms with Crippen LogP contribution in [0.25, 0.3) is 11.1 Å². The third kappa shape index (κ3) is 2.25.